The number of fused-ring (bicyclic) bond motifs is 3. The summed E-state index contributed by atoms with van der Waals surface area (Å²) < 4.78 is 0. The molecule has 4 rings (SSSR count). The van der Waals surface area contributed by atoms with E-state index < -0.39 is 6.04 Å². The van der Waals surface area contributed by atoms with Crippen LogP contribution in [0.4, 0.5) is 5.69 Å². The second-order valence-electron chi connectivity index (χ2n) is 5.76. The van der Waals surface area contributed by atoms with E-state index in [1.807, 2.05) is 42.5 Å². The fraction of sp³-hybridized carbons (Fsp3) is 0.158. The lowest BCUT2D eigenvalue weighted by molar-refractivity contribution is -0.116. The van der Waals surface area contributed by atoms with Gasteiger partial charge in [0.05, 0.1) is 17.9 Å². The summed E-state index contributed by atoms with van der Waals surface area (Å²) in [5.74, 6) is 0.512. The number of nitrogens with zero attached hydrogens (tertiary/aromatic N) is 4. The third-order valence-corrected chi connectivity index (χ3v) is 4.43. The van der Waals surface area contributed by atoms with Crippen LogP contribution in [0, 0.1) is 0 Å². The average Bonchev–Trinajstić information content (AvgIpc) is 2.84. The molecule has 2 heterocycles. The van der Waals surface area contributed by atoms with Gasteiger partial charge in [0.25, 0.3) is 5.91 Å². The van der Waals surface area contributed by atoms with Gasteiger partial charge < -0.3 is 0 Å². The highest BCUT2D eigenvalue weighted by molar-refractivity contribution is 6.34. The molecule has 2 aliphatic rings. The molecule has 5 nitrogen and oxygen atoms in total. The van der Waals surface area contributed by atoms with Crippen molar-refractivity contribution in [1.29, 1.82) is 0 Å². The highest BCUT2D eigenvalue weighted by Gasteiger charge is 2.37. The van der Waals surface area contributed by atoms with Gasteiger partial charge in [0.15, 0.2) is 6.04 Å². The van der Waals surface area contributed by atoms with E-state index in [4.69, 9.17) is 16.6 Å². The number of aliphatic imine (C=N–C) groups is 3. The first-order valence-corrected chi connectivity index (χ1v) is 8.29. The Bertz CT molecular complexity index is 934. The van der Waals surface area contributed by atoms with E-state index in [0.717, 1.165) is 22.5 Å². The first-order chi connectivity index (χ1) is 12.2. The molecule has 0 saturated carbocycles. The van der Waals surface area contributed by atoms with E-state index in [1.54, 1.807) is 24.2 Å². The topological polar surface area (TPSA) is 57.4 Å². The summed E-state index contributed by atoms with van der Waals surface area (Å²) in [5.41, 5.74) is 3.36. The molecule has 0 radical (unpaired) electrons. The standard InChI is InChI=1S/C19H15ClN4O/c1-21-10-15-19(25)24-16-8-7-13(20)9-14(16)18(22-11-17(24)23-15)12-5-3-2-4-6-12/h2-10,15H,11H2,1H3. The molecule has 2 aromatic rings. The monoisotopic (exact) mass is 350 g/mol. The average molecular weight is 351 g/mol. The Kier molecular flexibility index (Phi) is 3.93. The Hall–Kier alpha value is -2.79. The summed E-state index contributed by atoms with van der Waals surface area (Å²) >= 11 is 6.23. The zero-order valence-corrected chi connectivity index (χ0v) is 14.3. The molecule has 0 fully saturated rings. The van der Waals surface area contributed by atoms with Crippen molar-refractivity contribution < 1.29 is 4.79 Å². The SMILES string of the molecule is CN=CC1N=C2CN=C(c3ccccc3)c3cc(Cl)ccc3N2C1=O. The first-order valence-electron chi connectivity index (χ1n) is 7.92. The molecule has 0 saturated heterocycles. The highest BCUT2D eigenvalue weighted by atomic mass is 35.5. The number of halogens is 1. The minimum Gasteiger partial charge on any atom is -0.298 e. The Morgan fingerprint density at radius 2 is 2.04 bits per heavy atom. The van der Waals surface area contributed by atoms with Crippen LogP contribution < -0.4 is 4.90 Å². The van der Waals surface area contributed by atoms with E-state index in [9.17, 15) is 4.79 Å². The van der Waals surface area contributed by atoms with Crippen molar-refractivity contribution in [1.82, 2.24) is 0 Å². The highest BCUT2D eigenvalue weighted by Crippen LogP contribution is 2.32. The second-order valence-corrected chi connectivity index (χ2v) is 6.20. The van der Waals surface area contributed by atoms with Crippen molar-refractivity contribution in [2.45, 2.75) is 6.04 Å². The number of carbonyl (C=O) groups excluding carboxylic acids is 1. The van der Waals surface area contributed by atoms with Crippen molar-refractivity contribution in [2.24, 2.45) is 15.0 Å². The Morgan fingerprint density at radius 3 is 2.80 bits per heavy atom. The normalized spacial score (nSPS) is 19.4. The summed E-state index contributed by atoms with van der Waals surface area (Å²) in [5, 5.41) is 0.598. The summed E-state index contributed by atoms with van der Waals surface area (Å²) in [7, 11) is 1.64. The van der Waals surface area contributed by atoms with Crippen LogP contribution in [0.5, 0.6) is 0 Å². The summed E-state index contributed by atoms with van der Waals surface area (Å²) in [6, 6.07) is 14.8. The maximum absolute atomic E-state index is 12.8. The van der Waals surface area contributed by atoms with Crippen LogP contribution in [0.1, 0.15) is 11.1 Å². The van der Waals surface area contributed by atoms with Crippen LogP contribution in [0.15, 0.2) is 63.5 Å². The molecule has 0 bridgehead atoms. The number of hydrogen-bond donors (Lipinski definition) is 0. The molecule has 0 N–H and O–H groups in total. The van der Waals surface area contributed by atoms with Gasteiger partial charge in [-0.25, -0.2) is 0 Å². The quantitative estimate of drug-likeness (QED) is 0.768. The lowest BCUT2D eigenvalue weighted by Crippen LogP contribution is -2.36. The zero-order chi connectivity index (χ0) is 17.4. The predicted octanol–water partition coefficient (Wildman–Crippen LogP) is 3.01. The number of anilines is 1. The van der Waals surface area contributed by atoms with Gasteiger partial charge in [0, 0.05) is 29.4 Å². The van der Waals surface area contributed by atoms with Crippen LogP contribution in [-0.2, 0) is 4.79 Å². The first kappa shape index (κ1) is 15.7. The van der Waals surface area contributed by atoms with Gasteiger partial charge in [-0.2, -0.15) is 0 Å². The Morgan fingerprint density at radius 1 is 1.24 bits per heavy atom. The third-order valence-electron chi connectivity index (χ3n) is 4.19. The number of amides is 1. The summed E-state index contributed by atoms with van der Waals surface area (Å²) in [6.07, 6.45) is 1.56. The number of carbonyl (C=O) groups is 1. The van der Waals surface area contributed by atoms with E-state index in [0.29, 0.717) is 17.4 Å². The molecular formula is C19H15ClN4O. The minimum absolute atomic E-state index is 0.117. The maximum atomic E-state index is 12.8. The van der Waals surface area contributed by atoms with Gasteiger partial charge in [-0.1, -0.05) is 41.9 Å². The molecule has 0 aromatic heterocycles. The molecule has 1 amide bonds. The molecule has 6 heteroatoms. The number of benzene rings is 2. The van der Waals surface area contributed by atoms with Crippen molar-refractivity contribution in [3.63, 3.8) is 0 Å². The number of amidine groups is 1. The lowest BCUT2D eigenvalue weighted by Gasteiger charge is -2.19. The lowest BCUT2D eigenvalue weighted by atomic mass is 10.00. The fourth-order valence-electron chi connectivity index (χ4n) is 3.11. The van der Waals surface area contributed by atoms with E-state index in [-0.39, 0.29) is 5.91 Å². The van der Waals surface area contributed by atoms with Crippen LogP contribution >= 0.6 is 11.6 Å². The van der Waals surface area contributed by atoms with E-state index >= 15 is 0 Å². The molecule has 2 aliphatic heterocycles. The van der Waals surface area contributed by atoms with Crippen LogP contribution in [0.2, 0.25) is 5.02 Å². The molecule has 1 unspecified atom stereocenters. The third kappa shape index (κ3) is 2.66. The summed E-state index contributed by atoms with van der Waals surface area (Å²) in [4.78, 5) is 27.6. The largest absolute Gasteiger partial charge is 0.298 e. The van der Waals surface area contributed by atoms with Crippen LogP contribution in [0.3, 0.4) is 0 Å². The molecular weight excluding hydrogens is 336 g/mol. The smallest absolute Gasteiger partial charge is 0.262 e. The van der Waals surface area contributed by atoms with Gasteiger partial charge in [-0.3, -0.25) is 24.7 Å². The molecule has 25 heavy (non-hydrogen) atoms. The Labute approximate surface area is 150 Å². The molecule has 124 valence electrons. The van der Waals surface area contributed by atoms with Gasteiger partial charge in [-0.15, -0.1) is 0 Å². The zero-order valence-electron chi connectivity index (χ0n) is 13.6. The van der Waals surface area contributed by atoms with Crippen molar-refractivity contribution in [3.05, 3.63) is 64.7 Å². The summed E-state index contributed by atoms with van der Waals surface area (Å²) in [6.45, 7) is 0.330. The van der Waals surface area contributed by atoms with Gasteiger partial charge in [-0.05, 0) is 18.2 Å². The second kappa shape index (κ2) is 6.26. The van der Waals surface area contributed by atoms with Crippen molar-refractivity contribution in [2.75, 3.05) is 18.5 Å². The van der Waals surface area contributed by atoms with Crippen molar-refractivity contribution >= 4 is 41.0 Å². The predicted molar refractivity (Wildman–Crippen MR) is 102 cm³/mol. The minimum atomic E-state index is -0.586. The van der Waals surface area contributed by atoms with Crippen molar-refractivity contribution in [3.8, 4) is 0 Å². The van der Waals surface area contributed by atoms with Crippen LogP contribution in [-0.4, -0.2) is 43.3 Å². The molecule has 0 spiro atoms. The fourth-order valence-corrected chi connectivity index (χ4v) is 3.28. The molecule has 0 aliphatic carbocycles. The van der Waals surface area contributed by atoms with Gasteiger partial charge >= 0.3 is 0 Å². The number of hydrogen-bond acceptors (Lipinski definition) is 4. The van der Waals surface area contributed by atoms with E-state index in [1.165, 1.54) is 0 Å². The number of rotatable bonds is 2. The van der Waals surface area contributed by atoms with Gasteiger partial charge in [0.2, 0.25) is 0 Å². The Balaban J connectivity index is 1.91. The molecule has 1 atom stereocenters. The van der Waals surface area contributed by atoms with E-state index in [2.05, 4.69) is 9.98 Å². The maximum Gasteiger partial charge on any atom is 0.262 e. The molecule has 2 aromatic carbocycles. The van der Waals surface area contributed by atoms with Crippen LogP contribution in [0.25, 0.3) is 0 Å². The van der Waals surface area contributed by atoms with Gasteiger partial charge in [0.1, 0.15) is 5.84 Å².